The van der Waals surface area contributed by atoms with E-state index in [9.17, 15) is 8.78 Å². The van der Waals surface area contributed by atoms with Gasteiger partial charge in [-0.25, -0.2) is 8.78 Å². The smallest absolute Gasteiger partial charge is 0.129 e. The third-order valence-electron chi connectivity index (χ3n) is 2.52. The summed E-state index contributed by atoms with van der Waals surface area (Å²) in [6.07, 6.45) is 0. The molecule has 0 aromatic heterocycles. The molecule has 17 heavy (non-hydrogen) atoms. The molecule has 0 aliphatic heterocycles. The zero-order valence-corrected chi connectivity index (χ0v) is 10.4. The molecule has 2 rings (SSSR count). The molecule has 0 unspecified atom stereocenters. The molecule has 2 aromatic rings. The molecule has 0 fully saturated rings. The van der Waals surface area contributed by atoms with Crippen LogP contribution in [0.5, 0.6) is 0 Å². The van der Waals surface area contributed by atoms with Gasteiger partial charge in [-0.05, 0) is 36.8 Å². The predicted octanol–water partition coefficient (Wildman–Crippen LogP) is 5.25. The molecule has 0 radical (unpaired) electrons. The average Bonchev–Trinajstić information content (AvgIpc) is 2.25. The summed E-state index contributed by atoms with van der Waals surface area (Å²) in [6, 6.07) is 7.31. The highest BCUT2D eigenvalue weighted by Gasteiger charge is 2.10. The molecular formula is C13H8Cl2F2. The van der Waals surface area contributed by atoms with Crippen molar-refractivity contribution in [1.29, 1.82) is 0 Å². The van der Waals surface area contributed by atoms with Crippen molar-refractivity contribution in [2.75, 3.05) is 0 Å². The molecule has 0 heterocycles. The van der Waals surface area contributed by atoms with Gasteiger partial charge < -0.3 is 0 Å². The van der Waals surface area contributed by atoms with E-state index in [2.05, 4.69) is 0 Å². The maximum atomic E-state index is 13.4. The van der Waals surface area contributed by atoms with Crippen LogP contribution in [0.25, 0.3) is 11.1 Å². The molecule has 88 valence electrons. The molecule has 0 spiro atoms. The lowest BCUT2D eigenvalue weighted by molar-refractivity contribution is 0.569. The van der Waals surface area contributed by atoms with Crippen LogP contribution in [0.3, 0.4) is 0 Å². The summed E-state index contributed by atoms with van der Waals surface area (Å²) < 4.78 is 26.9. The summed E-state index contributed by atoms with van der Waals surface area (Å²) in [5.74, 6) is -1.18. The predicted molar refractivity (Wildman–Crippen MR) is 66.6 cm³/mol. The van der Waals surface area contributed by atoms with Crippen LogP contribution in [0.1, 0.15) is 5.56 Å². The Morgan fingerprint density at radius 3 is 2.06 bits per heavy atom. The molecule has 0 saturated heterocycles. The second-order valence-electron chi connectivity index (χ2n) is 3.69. The third kappa shape index (κ3) is 2.43. The molecule has 0 bridgehead atoms. The largest absolute Gasteiger partial charge is 0.207 e. The SMILES string of the molecule is Cc1c(F)cc(-c2ccc(Cl)cc2Cl)cc1F. The number of hydrogen-bond acceptors (Lipinski definition) is 0. The standard InChI is InChI=1S/C13H8Cl2F2/c1-7-12(16)4-8(5-13(7)17)10-3-2-9(14)6-11(10)15/h2-6H,1H3. The van der Waals surface area contributed by atoms with Crippen LogP contribution in [-0.2, 0) is 0 Å². The zero-order valence-electron chi connectivity index (χ0n) is 8.90. The first-order chi connectivity index (χ1) is 7.99. The van der Waals surface area contributed by atoms with Crippen LogP contribution >= 0.6 is 23.2 Å². The van der Waals surface area contributed by atoms with Crippen molar-refractivity contribution in [2.24, 2.45) is 0 Å². The van der Waals surface area contributed by atoms with Crippen molar-refractivity contribution in [3.63, 3.8) is 0 Å². The maximum absolute atomic E-state index is 13.4. The minimum Gasteiger partial charge on any atom is -0.207 e. The highest BCUT2D eigenvalue weighted by molar-refractivity contribution is 6.36. The first kappa shape index (κ1) is 12.3. The highest BCUT2D eigenvalue weighted by Crippen LogP contribution is 2.31. The van der Waals surface area contributed by atoms with Crippen LogP contribution in [0.2, 0.25) is 10.0 Å². The molecule has 4 heteroatoms. The Bertz CT molecular complexity index is 557. The summed E-state index contributed by atoms with van der Waals surface area (Å²) in [4.78, 5) is 0. The van der Waals surface area contributed by atoms with Gasteiger partial charge in [0.2, 0.25) is 0 Å². The van der Waals surface area contributed by atoms with E-state index < -0.39 is 11.6 Å². The van der Waals surface area contributed by atoms with Gasteiger partial charge in [-0.3, -0.25) is 0 Å². The van der Waals surface area contributed by atoms with Crippen LogP contribution in [0, 0.1) is 18.6 Å². The first-order valence-electron chi connectivity index (χ1n) is 4.90. The van der Waals surface area contributed by atoms with E-state index in [0.29, 0.717) is 21.2 Å². The lowest BCUT2D eigenvalue weighted by atomic mass is 10.0. The number of rotatable bonds is 1. The fraction of sp³-hybridized carbons (Fsp3) is 0.0769. The summed E-state index contributed by atoms with van der Waals surface area (Å²) in [6.45, 7) is 1.39. The number of hydrogen-bond donors (Lipinski definition) is 0. The van der Waals surface area contributed by atoms with Gasteiger partial charge >= 0.3 is 0 Å². The second-order valence-corrected chi connectivity index (χ2v) is 4.53. The van der Waals surface area contributed by atoms with Crippen molar-refractivity contribution in [3.05, 3.63) is 57.6 Å². The Hall–Kier alpha value is -1.12. The van der Waals surface area contributed by atoms with Crippen molar-refractivity contribution >= 4 is 23.2 Å². The van der Waals surface area contributed by atoms with Crippen molar-refractivity contribution < 1.29 is 8.78 Å². The Morgan fingerprint density at radius 1 is 0.941 bits per heavy atom. The number of halogens is 4. The topological polar surface area (TPSA) is 0 Å². The summed E-state index contributed by atoms with van der Waals surface area (Å²) in [7, 11) is 0. The van der Waals surface area contributed by atoms with E-state index in [1.807, 2.05) is 0 Å². The summed E-state index contributed by atoms with van der Waals surface area (Å²) in [5, 5.41) is 0.840. The highest BCUT2D eigenvalue weighted by atomic mass is 35.5. The minimum atomic E-state index is -0.592. The molecule has 2 aromatic carbocycles. The Balaban J connectivity index is 2.61. The molecule has 0 N–H and O–H groups in total. The van der Waals surface area contributed by atoms with Gasteiger partial charge in [-0.2, -0.15) is 0 Å². The third-order valence-corrected chi connectivity index (χ3v) is 3.07. The average molecular weight is 273 g/mol. The monoisotopic (exact) mass is 272 g/mol. The number of benzene rings is 2. The van der Waals surface area contributed by atoms with E-state index in [4.69, 9.17) is 23.2 Å². The maximum Gasteiger partial charge on any atom is 0.129 e. The molecule has 0 atom stereocenters. The van der Waals surface area contributed by atoms with E-state index in [-0.39, 0.29) is 5.56 Å². The van der Waals surface area contributed by atoms with Crippen LogP contribution < -0.4 is 0 Å². The van der Waals surface area contributed by atoms with Gasteiger partial charge in [0.25, 0.3) is 0 Å². The normalized spacial score (nSPS) is 10.6. The van der Waals surface area contributed by atoms with Crippen molar-refractivity contribution in [2.45, 2.75) is 6.92 Å². The Labute approximate surface area is 108 Å². The van der Waals surface area contributed by atoms with Gasteiger partial charge in [0.1, 0.15) is 11.6 Å². The van der Waals surface area contributed by atoms with E-state index in [1.54, 1.807) is 12.1 Å². The molecule has 0 nitrogen and oxygen atoms in total. The van der Waals surface area contributed by atoms with Gasteiger partial charge in [-0.1, -0.05) is 29.3 Å². The van der Waals surface area contributed by atoms with Gasteiger partial charge in [0.05, 0.1) is 0 Å². The lowest BCUT2D eigenvalue weighted by Gasteiger charge is -2.07. The Morgan fingerprint density at radius 2 is 1.53 bits per heavy atom. The molecule has 0 saturated carbocycles. The molecule has 0 amide bonds. The summed E-state index contributed by atoms with van der Waals surface area (Å²) >= 11 is 11.7. The summed E-state index contributed by atoms with van der Waals surface area (Å²) in [5.41, 5.74) is 0.944. The van der Waals surface area contributed by atoms with Gasteiger partial charge in [-0.15, -0.1) is 0 Å². The fourth-order valence-electron chi connectivity index (χ4n) is 1.52. The van der Waals surface area contributed by atoms with Crippen molar-refractivity contribution in [3.8, 4) is 11.1 Å². The Kier molecular flexibility index (Phi) is 3.36. The molecule has 0 aliphatic carbocycles. The van der Waals surface area contributed by atoms with Crippen LogP contribution in [0.15, 0.2) is 30.3 Å². The quantitative estimate of drug-likeness (QED) is 0.665. The zero-order chi connectivity index (χ0) is 12.6. The van der Waals surface area contributed by atoms with E-state index >= 15 is 0 Å². The van der Waals surface area contributed by atoms with E-state index in [1.165, 1.54) is 25.1 Å². The lowest BCUT2D eigenvalue weighted by Crippen LogP contribution is -1.91. The first-order valence-corrected chi connectivity index (χ1v) is 5.65. The van der Waals surface area contributed by atoms with Crippen molar-refractivity contribution in [1.82, 2.24) is 0 Å². The second kappa shape index (κ2) is 4.63. The fourth-order valence-corrected chi connectivity index (χ4v) is 2.04. The van der Waals surface area contributed by atoms with Crippen LogP contribution in [-0.4, -0.2) is 0 Å². The molecular weight excluding hydrogens is 265 g/mol. The van der Waals surface area contributed by atoms with Gasteiger partial charge in [0.15, 0.2) is 0 Å². The molecule has 0 aliphatic rings. The van der Waals surface area contributed by atoms with E-state index in [0.717, 1.165) is 0 Å². The van der Waals surface area contributed by atoms with Crippen LogP contribution in [0.4, 0.5) is 8.78 Å². The minimum absolute atomic E-state index is 0.00108. The van der Waals surface area contributed by atoms with Gasteiger partial charge in [0, 0.05) is 21.2 Å².